The number of hydrogen-bond donors (Lipinski definition) is 0. The summed E-state index contributed by atoms with van der Waals surface area (Å²) < 4.78 is 20.5. The molecule has 3 aromatic rings. The molecule has 0 atom stereocenters. The molecule has 5 nitrogen and oxygen atoms in total. The highest BCUT2D eigenvalue weighted by molar-refractivity contribution is 5.71. The van der Waals surface area contributed by atoms with Gasteiger partial charge in [0, 0.05) is 18.5 Å². The zero-order valence-electron chi connectivity index (χ0n) is 11.2. The molecular weight excluding hydrogens is 273 g/mol. The maximum Gasteiger partial charge on any atom is 0.283 e. The molecule has 1 aliphatic rings. The molecule has 0 saturated heterocycles. The maximum absolute atomic E-state index is 13.3. The molecule has 0 spiro atoms. The molecule has 0 amide bonds. The summed E-state index contributed by atoms with van der Waals surface area (Å²) >= 11 is 0. The van der Waals surface area contributed by atoms with Crippen molar-refractivity contribution in [2.75, 3.05) is 0 Å². The fraction of sp³-hybridized carbons (Fsp3) is 0.267. The van der Waals surface area contributed by atoms with Gasteiger partial charge in [0.2, 0.25) is 5.89 Å². The lowest BCUT2D eigenvalue weighted by Gasteiger charge is -2.15. The van der Waals surface area contributed by atoms with E-state index in [2.05, 4.69) is 9.97 Å². The van der Waals surface area contributed by atoms with E-state index in [-0.39, 0.29) is 28.5 Å². The van der Waals surface area contributed by atoms with Gasteiger partial charge in [-0.3, -0.25) is 9.36 Å². The SMILES string of the molecule is O=c1c2nc(-c3cccc(F)c3)oc2nc2n1CCCC2. The Kier molecular flexibility index (Phi) is 2.63. The number of fused-ring (bicyclic) bond motifs is 2. The van der Waals surface area contributed by atoms with Crippen molar-refractivity contribution in [3.8, 4) is 11.5 Å². The molecular formula is C15H12FN3O2. The molecule has 0 N–H and O–H groups in total. The Balaban J connectivity index is 1.94. The van der Waals surface area contributed by atoms with Crippen LogP contribution in [0.4, 0.5) is 4.39 Å². The van der Waals surface area contributed by atoms with Gasteiger partial charge in [-0.25, -0.2) is 9.37 Å². The van der Waals surface area contributed by atoms with E-state index in [1.54, 1.807) is 16.7 Å². The summed E-state index contributed by atoms with van der Waals surface area (Å²) in [6.07, 6.45) is 2.75. The molecule has 106 valence electrons. The van der Waals surface area contributed by atoms with Gasteiger partial charge in [-0.15, -0.1) is 0 Å². The molecule has 6 heteroatoms. The van der Waals surface area contributed by atoms with Crippen LogP contribution in [-0.2, 0) is 13.0 Å². The van der Waals surface area contributed by atoms with Gasteiger partial charge in [-0.1, -0.05) is 6.07 Å². The van der Waals surface area contributed by atoms with Gasteiger partial charge < -0.3 is 4.42 Å². The number of benzene rings is 1. The van der Waals surface area contributed by atoms with Crippen LogP contribution >= 0.6 is 0 Å². The van der Waals surface area contributed by atoms with Crippen molar-refractivity contribution in [1.82, 2.24) is 14.5 Å². The summed E-state index contributed by atoms with van der Waals surface area (Å²) in [6.45, 7) is 0.666. The van der Waals surface area contributed by atoms with E-state index in [1.165, 1.54) is 12.1 Å². The molecule has 0 radical (unpaired) electrons. The number of hydrogen-bond acceptors (Lipinski definition) is 4. The molecule has 0 saturated carbocycles. The molecule has 0 aliphatic carbocycles. The van der Waals surface area contributed by atoms with Crippen molar-refractivity contribution in [2.24, 2.45) is 0 Å². The van der Waals surface area contributed by atoms with Gasteiger partial charge >= 0.3 is 0 Å². The lowest BCUT2D eigenvalue weighted by molar-refractivity contribution is 0.494. The Morgan fingerprint density at radius 2 is 2.14 bits per heavy atom. The van der Waals surface area contributed by atoms with Crippen LogP contribution in [0.5, 0.6) is 0 Å². The summed E-state index contributed by atoms with van der Waals surface area (Å²) in [5.41, 5.74) is 0.754. The molecule has 2 aromatic heterocycles. The second-order valence-corrected chi connectivity index (χ2v) is 5.13. The van der Waals surface area contributed by atoms with Crippen molar-refractivity contribution in [2.45, 2.75) is 25.8 Å². The number of aryl methyl sites for hydroxylation is 1. The summed E-state index contributed by atoms with van der Waals surface area (Å²) in [4.78, 5) is 21.0. The largest absolute Gasteiger partial charge is 0.417 e. The second-order valence-electron chi connectivity index (χ2n) is 5.13. The fourth-order valence-corrected chi connectivity index (χ4v) is 2.67. The first-order valence-corrected chi connectivity index (χ1v) is 6.88. The first-order chi connectivity index (χ1) is 10.2. The van der Waals surface area contributed by atoms with Crippen molar-refractivity contribution in [3.63, 3.8) is 0 Å². The van der Waals surface area contributed by atoms with Crippen molar-refractivity contribution in [3.05, 3.63) is 46.3 Å². The van der Waals surface area contributed by atoms with Gasteiger partial charge in [0.05, 0.1) is 0 Å². The molecule has 3 heterocycles. The number of oxazole rings is 1. The predicted octanol–water partition coefficient (Wildman–Crippen LogP) is 2.53. The van der Waals surface area contributed by atoms with E-state index in [0.29, 0.717) is 12.1 Å². The van der Waals surface area contributed by atoms with Gasteiger partial charge in [-0.2, -0.15) is 4.98 Å². The lowest BCUT2D eigenvalue weighted by atomic mass is 10.1. The highest BCUT2D eigenvalue weighted by Crippen LogP contribution is 2.23. The lowest BCUT2D eigenvalue weighted by Crippen LogP contribution is -2.28. The molecule has 4 rings (SSSR count). The number of nitrogens with zero attached hydrogens (tertiary/aromatic N) is 3. The Bertz CT molecular complexity index is 898. The minimum absolute atomic E-state index is 0.180. The van der Waals surface area contributed by atoms with Gasteiger partial charge in [0.1, 0.15) is 11.6 Å². The van der Waals surface area contributed by atoms with Gasteiger partial charge in [0.25, 0.3) is 11.3 Å². The standard InChI is InChI=1S/C15H12FN3O2/c16-10-5-3-4-9(8-10)13-18-12-14(21-13)17-11-6-1-2-7-19(11)15(12)20/h3-5,8H,1-2,6-7H2. The fourth-order valence-electron chi connectivity index (χ4n) is 2.67. The van der Waals surface area contributed by atoms with Crippen LogP contribution < -0.4 is 5.56 Å². The van der Waals surface area contributed by atoms with Crippen molar-refractivity contribution in [1.29, 1.82) is 0 Å². The van der Waals surface area contributed by atoms with Crippen LogP contribution in [0.3, 0.4) is 0 Å². The van der Waals surface area contributed by atoms with E-state index in [0.717, 1.165) is 25.1 Å². The average molecular weight is 285 g/mol. The van der Waals surface area contributed by atoms with Gasteiger partial charge in [0.15, 0.2) is 5.52 Å². The van der Waals surface area contributed by atoms with E-state index in [1.807, 2.05) is 0 Å². The smallest absolute Gasteiger partial charge is 0.283 e. The summed E-state index contributed by atoms with van der Waals surface area (Å²) in [5.74, 6) is 0.580. The topological polar surface area (TPSA) is 60.9 Å². The van der Waals surface area contributed by atoms with Crippen molar-refractivity contribution < 1.29 is 8.81 Å². The molecule has 0 fully saturated rings. The van der Waals surface area contributed by atoms with Crippen LogP contribution in [0.25, 0.3) is 22.7 Å². The van der Waals surface area contributed by atoms with Crippen LogP contribution in [0.15, 0.2) is 33.5 Å². The zero-order valence-corrected chi connectivity index (χ0v) is 11.2. The monoisotopic (exact) mass is 285 g/mol. The molecule has 0 unspecified atom stereocenters. The van der Waals surface area contributed by atoms with Crippen molar-refractivity contribution >= 4 is 11.2 Å². The van der Waals surface area contributed by atoms with Crippen LogP contribution in [0.1, 0.15) is 18.7 Å². The van der Waals surface area contributed by atoms with E-state index in [9.17, 15) is 9.18 Å². The number of rotatable bonds is 1. The van der Waals surface area contributed by atoms with E-state index >= 15 is 0 Å². The second kappa shape index (κ2) is 4.51. The summed E-state index contributed by atoms with van der Waals surface area (Å²) in [5, 5.41) is 0. The third-order valence-electron chi connectivity index (χ3n) is 3.70. The minimum Gasteiger partial charge on any atom is -0.417 e. The van der Waals surface area contributed by atoms with Crippen LogP contribution in [0.2, 0.25) is 0 Å². The maximum atomic E-state index is 13.3. The van der Waals surface area contributed by atoms with E-state index < -0.39 is 0 Å². The molecule has 21 heavy (non-hydrogen) atoms. The van der Waals surface area contributed by atoms with Crippen LogP contribution in [0, 0.1) is 5.82 Å². The quantitative estimate of drug-likeness (QED) is 0.689. The third-order valence-corrected chi connectivity index (χ3v) is 3.70. The van der Waals surface area contributed by atoms with Gasteiger partial charge in [-0.05, 0) is 31.0 Å². The first kappa shape index (κ1) is 12.3. The number of halogens is 1. The average Bonchev–Trinajstić information content (AvgIpc) is 2.92. The minimum atomic E-state index is -0.376. The zero-order chi connectivity index (χ0) is 14.4. The third kappa shape index (κ3) is 1.94. The van der Waals surface area contributed by atoms with E-state index in [4.69, 9.17) is 4.42 Å². The van der Waals surface area contributed by atoms with Crippen LogP contribution in [-0.4, -0.2) is 14.5 Å². The first-order valence-electron chi connectivity index (χ1n) is 6.88. The normalized spacial score (nSPS) is 14.3. The number of aromatic nitrogens is 3. The Morgan fingerprint density at radius 1 is 1.24 bits per heavy atom. The highest BCUT2D eigenvalue weighted by Gasteiger charge is 2.19. The summed E-state index contributed by atoms with van der Waals surface area (Å²) in [7, 11) is 0. The Labute approximate surface area is 119 Å². The molecule has 0 bridgehead atoms. The highest BCUT2D eigenvalue weighted by atomic mass is 19.1. The molecule has 1 aliphatic heterocycles. The molecule has 1 aromatic carbocycles. The predicted molar refractivity (Wildman–Crippen MR) is 74.4 cm³/mol. The Hall–Kier alpha value is -2.50. The summed E-state index contributed by atoms with van der Waals surface area (Å²) in [6, 6.07) is 5.93. The Morgan fingerprint density at radius 3 is 3.00 bits per heavy atom.